The second kappa shape index (κ2) is 10.1. The molecule has 0 aliphatic carbocycles. The Balaban J connectivity index is 0. The van der Waals surface area contributed by atoms with E-state index in [1.165, 1.54) is 0 Å². The molecule has 0 amide bonds. The fourth-order valence-electron chi connectivity index (χ4n) is 0.671. The zero-order valence-electron chi connectivity index (χ0n) is 9.05. The predicted octanol–water partition coefficient (Wildman–Crippen LogP) is -3.33. The Kier molecular flexibility index (Phi) is 10.9. The summed E-state index contributed by atoms with van der Waals surface area (Å²) in [5, 5.41) is 59.8. The summed E-state index contributed by atoms with van der Waals surface area (Å²) in [5.74, 6) is -0.981. The highest BCUT2D eigenvalue weighted by Gasteiger charge is 2.29. The van der Waals surface area contributed by atoms with Gasteiger partial charge in [-0.05, 0) is 0 Å². The zero-order valence-corrected chi connectivity index (χ0v) is 9.05. The van der Waals surface area contributed by atoms with Crippen LogP contribution in [0.5, 0.6) is 0 Å². The fraction of sp³-hybridized carbons (Fsp3) is 0.667. The van der Waals surface area contributed by atoms with E-state index in [0.29, 0.717) is 0 Å². The molecular formula is C9H18O8. The van der Waals surface area contributed by atoms with Gasteiger partial charge in [0.2, 0.25) is 0 Å². The van der Waals surface area contributed by atoms with Gasteiger partial charge in [-0.2, -0.15) is 0 Å². The third kappa shape index (κ3) is 8.74. The average Bonchev–Trinajstić information content (AvgIpc) is 2.35. The molecule has 0 heterocycles. The molecule has 0 aromatic rings. The number of hydrogen-bond donors (Lipinski definition) is 7. The normalized spacial score (nSPS) is 17.1. The number of carboxylic acids is 1. The molecule has 102 valence electrons. The Labute approximate surface area is 97.7 Å². The Morgan fingerprint density at radius 3 is 1.35 bits per heavy atom. The molecule has 0 rings (SSSR count). The van der Waals surface area contributed by atoms with Crippen LogP contribution >= 0.6 is 0 Å². The summed E-state index contributed by atoms with van der Waals surface area (Å²) < 4.78 is 0. The predicted molar refractivity (Wildman–Crippen MR) is 56.0 cm³/mol. The highest BCUT2D eigenvalue weighted by atomic mass is 16.4. The molecule has 0 aliphatic rings. The molecule has 0 aliphatic heterocycles. The zero-order chi connectivity index (χ0) is 14.0. The van der Waals surface area contributed by atoms with E-state index in [1.807, 2.05) is 0 Å². The van der Waals surface area contributed by atoms with E-state index >= 15 is 0 Å². The quantitative estimate of drug-likeness (QED) is 0.242. The van der Waals surface area contributed by atoms with Gasteiger partial charge in [-0.15, -0.1) is 0 Å². The molecule has 7 N–H and O–H groups in total. The van der Waals surface area contributed by atoms with Crippen molar-refractivity contribution in [2.75, 3.05) is 13.2 Å². The number of hydrogen-bond acceptors (Lipinski definition) is 7. The molecular weight excluding hydrogens is 236 g/mol. The van der Waals surface area contributed by atoms with Crippen LogP contribution in [-0.2, 0) is 4.79 Å². The van der Waals surface area contributed by atoms with Gasteiger partial charge in [0.15, 0.2) is 0 Å². The van der Waals surface area contributed by atoms with Crippen LogP contribution in [0, 0.1) is 0 Å². The first-order valence-electron chi connectivity index (χ1n) is 4.61. The molecule has 4 atom stereocenters. The maximum absolute atomic E-state index is 9.25. The lowest BCUT2D eigenvalue weighted by Gasteiger charge is -2.24. The molecule has 0 saturated heterocycles. The number of aliphatic carboxylic acids is 1. The van der Waals surface area contributed by atoms with Crippen molar-refractivity contribution in [1.29, 1.82) is 0 Å². The Morgan fingerprint density at radius 2 is 1.24 bits per heavy atom. The largest absolute Gasteiger partial charge is 0.478 e. The van der Waals surface area contributed by atoms with E-state index in [4.69, 9.17) is 35.7 Å². The van der Waals surface area contributed by atoms with Crippen LogP contribution in [0.3, 0.4) is 0 Å². The van der Waals surface area contributed by atoms with Crippen LogP contribution < -0.4 is 0 Å². The standard InChI is InChI=1S/C6H14O6.C3H4O2/c7-1-3(9)5(11)6(12)4(10)2-8;1-2-3(4)5/h3-12H,1-2H2;2H,1H2,(H,4,5)/t3-,4+,5-,6-;/m1./s1. The third-order valence-corrected chi connectivity index (χ3v) is 1.69. The number of aliphatic hydroxyl groups excluding tert-OH is 6. The van der Waals surface area contributed by atoms with E-state index in [2.05, 4.69) is 6.58 Å². The van der Waals surface area contributed by atoms with Gasteiger partial charge < -0.3 is 35.7 Å². The lowest BCUT2D eigenvalue weighted by molar-refractivity contribution is -0.131. The smallest absolute Gasteiger partial charge is 0.327 e. The summed E-state index contributed by atoms with van der Waals surface area (Å²) >= 11 is 0. The van der Waals surface area contributed by atoms with Crippen molar-refractivity contribution in [3.63, 3.8) is 0 Å². The molecule has 0 aromatic carbocycles. The topological polar surface area (TPSA) is 159 Å². The molecule has 8 nitrogen and oxygen atoms in total. The van der Waals surface area contributed by atoms with Crippen LogP contribution in [0.4, 0.5) is 0 Å². The molecule has 8 heteroatoms. The van der Waals surface area contributed by atoms with Gasteiger partial charge in [0, 0.05) is 6.08 Å². The van der Waals surface area contributed by atoms with Crippen molar-refractivity contribution in [3.8, 4) is 0 Å². The van der Waals surface area contributed by atoms with Crippen molar-refractivity contribution < 1.29 is 40.5 Å². The maximum atomic E-state index is 9.25. The minimum absolute atomic E-state index is 0.726. The van der Waals surface area contributed by atoms with Crippen LogP contribution in [0.2, 0.25) is 0 Å². The third-order valence-electron chi connectivity index (χ3n) is 1.69. The van der Waals surface area contributed by atoms with Gasteiger partial charge in [0.1, 0.15) is 24.4 Å². The molecule has 0 bridgehead atoms. The van der Waals surface area contributed by atoms with Crippen molar-refractivity contribution in [3.05, 3.63) is 12.7 Å². The van der Waals surface area contributed by atoms with Crippen molar-refractivity contribution >= 4 is 5.97 Å². The molecule has 0 spiro atoms. The summed E-state index contributed by atoms with van der Waals surface area (Å²) in [5.41, 5.74) is 0. The van der Waals surface area contributed by atoms with Gasteiger partial charge in [-0.25, -0.2) is 4.79 Å². The summed E-state index contributed by atoms with van der Waals surface area (Å²) in [7, 11) is 0. The van der Waals surface area contributed by atoms with E-state index < -0.39 is 43.6 Å². The summed E-state index contributed by atoms with van der Waals surface area (Å²) in [6.07, 6.45) is -5.56. The average molecular weight is 254 g/mol. The molecule has 0 saturated carbocycles. The van der Waals surface area contributed by atoms with Gasteiger partial charge in [0.25, 0.3) is 0 Å². The van der Waals surface area contributed by atoms with Gasteiger partial charge >= 0.3 is 5.97 Å². The highest BCUT2D eigenvalue weighted by molar-refractivity contribution is 5.78. The van der Waals surface area contributed by atoms with Gasteiger partial charge in [0.05, 0.1) is 13.2 Å². The van der Waals surface area contributed by atoms with Crippen molar-refractivity contribution in [2.24, 2.45) is 0 Å². The van der Waals surface area contributed by atoms with Crippen LogP contribution in [0.15, 0.2) is 12.7 Å². The van der Waals surface area contributed by atoms with Gasteiger partial charge in [-0.1, -0.05) is 6.58 Å². The highest BCUT2D eigenvalue weighted by Crippen LogP contribution is 2.03. The Bertz CT molecular complexity index is 205. The first-order valence-corrected chi connectivity index (χ1v) is 4.61. The monoisotopic (exact) mass is 254 g/mol. The minimum Gasteiger partial charge on any atom is -0.478 e. The molecule has 0 unspecified atom stereocenters. The number of carbonyl (C=O) groups is 1. The molecule has 17 heavy (non-hydrogen) atoms. The number of carboxylic acid groups (broad SMARTS) is 1. The second-order valence-corrected chi connectivity index (χ2v) is 3.02. The second-order valence-electron chi connectivity index (χ2n) is 3.02. The minimum atomic E-state index is -1.67. The summed E-state index contributed by atoms with van der Waals surface area (Å²) in [6.45, 7) is 1.51. The summed E-state index contributed by atoms with van der Waals surface area (Å²) in [4.78, 5) is 9.25. The van der Waals surface area contributed by atoms with Crippen molar-refractivity contribution in [2.45, 2.75) is 24.4 Å². The van der Waals surface area contributed by atoms with Crippen molar-refractivity contribution in [1.82, 2.24) is 0 Å². The summed E-state index contributed by atoms with van der Waals surface area (Å²) in [6, 6.07) is 0. The Hall–Kier alpha value is -1.03. The van der Waals surface area contributed by atoms with Crippen LogP contribution in [0.1, 0.15) is 0 Å². The van der Waals surface area contributed by atoms with E-state index in [9.17, 15) is 4.79 Å². The molecule has 0 fully saturated rings. The van der Waals surface area contributed by atoms with Gasteiger partial charge in [-0.3, -0.25) is 0 Å². The van der Waals surface area contributed by atoms with Crippen LogP contribution in [0.25, 0.3) is 0 Å². The number of rotatable bonds is 6. The lowest BCUT2D eigenvalue weighted by Crippen LogP contribution is -2.46. The van der Waals surface area contributed by atoms with Crippen LogP contribution in [-0.4, -0.2) is 79.3 Å². The molecule has 0 radical (unpaired) electrons. The molecule has 0 aromatic heterocycles. The fourth-order valence-corrected chi connectivity index (χ4v) is 0.671. The first kappa shape index (κ1) is 18.3. The van der Waals surface area contributed by atoms with E-state index in [-0.39, 0.29) is 0 Å². The number of aliphatic hydroxyl groups is 6. The van der Waals surface area contributed by atoms with E-state index in [1.54, 1.807) is 0 Å². The maximum Gasteiger partial charge on any atom is 0.327 e. The SMILES string of the molecule is C=CC(=O)O.OC[C@@H](O)[C@@H](O)[C@H](O)[C@@H](O)CO. The van der Waals surface area contributed by atoms with E-state index in [0.717, 1.165) is 6.08 Å². The first-order chi connectivity index (χ1) is 7.81. The Morgan fingerprint density at radius 1 is 1.00 bits per heavy atom. The lowest BCUT2D eigenvalue weighted by atomic mass is 10.0.